The van der Waals surface area contributed by atoms with Crippen molar-refractivity contribution in [1.29, 1.82) is 0 Å². The third-order valence-corrected chi connectivity index (χ3v) is 3.47. The van der Waals surface area contributed by atoms with Gasteiger partial charge in [-0.1, -0.05) is 46.3 Å². The zero-order chi connectivity index (χ0) is 9.52. The second-order valence-corrected chi connectivity index (χ2v) is 5.29. The molecule has 0 aromatic rings. The van der Waals surface area contributed by atoms with Crippen LogP contribution in [-0.4, -0.2) is 0 Å². The minimum Gasteiger partial charge on any atom is -0.0790 e. The highest BCUT2D eigenvalue weighted by Gasteiger charge is 2.40. The maximum atomic E-state index is 2.41. The van der Waals surface area contributed by atoms with Gasteiger partial charge in [0.1, 0.15) is 0 Å². The van der Waals surface area contributed by atoms with Gasteiger partial charge in [0.05, 0.1) is 0 Å². The second kappa shape index (κ2) is 2.90. The van der Waals surface area contributed by atoms with Crippen LogP contribution in [0, 0.1) is 23.2 Å². The fourth-order valence-electron chi connectivity index (χ4n) is 2.73. The fraction of sp³-hybridized carbons (Fsp3) is 0.833. The SMILES string of the molecule is CC1=CC(C)(C)C1C(C)C(C)C. The first-order chi connectivity index (χ1) is 5.36. The van der Waals surface area contributed by atoms with Gasteiger partial charge >= 0.3 is 0 Å². The minimum absolute atomic E-state index is 0.452. The van der Waals surface area contributed by atoms with E-state index < -0.39 is 0 Å². The van der Waals surface area contributed by atoms with Crippen LogP contribution in [0.25, 0.3) is 0 Å². The monoisotopic (exact) mass is 166 g/mol. The van der Waals surface area contributed by atoms with Crippen LogP contribution < -0.4 is 0 Å². The van der Waals surface area contributed by atoms with Crippen LogP contribution in [-0.2, 0) is 0 Å². The second-order valence-electron chi connectivity index (χ2n) is 5.29. The van der Waals surface area contributed by atoms with Crippen LogP contribution in [0.4, 0.5) is 0 Å². The van der Waals surface area contributed by atoms with Crippen molar-refractivity contribution >= 4 is 0 Å². The summed E-state index contributed by atoms with van der Waals surface area (Å²) in [6, 6.07) is 0. The molecular weight excluding hydrogens is 144 g/mol. The van der Waals surface area contributed by atoms with Crippen molar-refractivity contribution in [2.75, 3.05) is 0 Å². The molecule has 2 unspecified atom stereocenters. The molecule has 0 bridgehead atoms. The van der Waals surface area contributed by atoms with Crippen molar-refractivity contribution in [1.82, 2.24) is 0 Å². The van der Waals surface area contributed by atoms with E-state index in [-0.39, 0.29) is 0 Å². The molecule has 2 atom stereocenters. The lowest BCUT2D eigenvalue weighted by atomic mass is 9.58. The molecular formula is C12H22. The summed E-state index contributed by atoms with van der Waals surface area (Å²) in [4.78, 5) is 0. The molecule has 0 nitrogen and oxygen atoms in total. The summed E-state index contributed by atoms with van der Waals surface area (Å²) in [5.41, 5.74) is 2.05. The van der Waals surface area contributed by atoms with Crippen LogP contribution in [0.15, 0.2) is 11.6 Å². The molecule has 0 aromatic heterocycles. The normalized spacial score (nSPS) is 29.6. The van der Waals surface area contributed by atoms with E-state index in [0.29, 0.717) is 5.41 Å². The van der Waals surface area contributed by atoms with E-state index in [1.807, 2.05) is 0 Å². The topological polar surface area (TPSA) is 0 Å². The first-order valence-corrected chi connectivity index (χ1v) is 5.05. The van der Waals surface area contributed by atoms with Gasteiger partial charge in [-0.05, 0) is 30.1 Å². The third kappa shape index (κ3) is 1.44. The Bertz CT molecular complexity index is 196. The fourth-order valence-corrected chi connectivity index (χ4v) is 2.73. The molecule has 0 aromatic carbocycles. The van der Waals surface area contributed by atoms with Gasteiger partial charge in [-0.2, -0.15) is 0 Å². The van der Waals surface area contributed by atoms with Crippen LogP contribution >= 0.6 is 0 Å². The Morgan fingerprint density at radius 3 is 1.92 bits per heavy atom. The predicted molar refractivity (Wildman–Crippen MR) is 55.0 cm³/mol. The molecule has 0 heterocycles. The molecule has 12 heavy (non-hydrogen) atoms. The highest BCUT2D eigenvalue weighted by molar-refractivity contribution is 5.25. The third-order valence-electron chi connectivity index (χ3n) is 3.47. The molecule has 1 aliphatic rings. The van der Waals surface area contributed by atoms with Gasteiger partial charge in [0, 0.05) is 0 Å². The van der Waals surface area contributed by atoms with Gasteiger partial charge in [0.15, 0.2) is 0 Å². The number of allylic oxidation sites excluding steroid dienone is 2. The first-order valence-electron chi connectivity index (χ1n) is 5.05. The van der Waals surface area contributed by atoms with Crippen molar-refractivity contribution in [3.05, 3.63) is 11.6 Å². The Hall–Kier alpha value is -0.260. The lowest BCUT2D eigenvalue weighted by Gasteiger charge is -2.47. The molecule has 0 spiro atoms. The highest BCUT2D eigenvalue weighted by atomic mass is 14.4. The van der Waals surface area contributed by atoms with E-state index in [9.17, 15) is 0 Å². The zero-order valence-electron chi connectivity index (χ0n) is 9.31. The van der Waals surface area contributed by atoms with Crippen LogP contribution in [0.1, 0.15) is 41.5 Å². The van der Waals surface area contributed by atoms with Gasteiger partial charge in [-0.15, -0.1) is 0 Å². The number of hydrogen-bond acceptors (Lipinski definition) is 0. The number of rotatable bonds is 2. The Labute approximate surface area is 77.1 Å². The minimum atomic E-state index is 0.452. The average molecular weight is 166 g/mol. The van der Waals surface area contributed by atoms with Crippen molar-refractivity contribution < 1.29 is 0 Å². The summed E-state index contributed by atoms with van der Waals surface area (Å²) in [6.07, 6.45) is 2.41. The van der Waals surface area contributed by atoms with Crippen molar-refractivity contribution in [2.24, 2.45) is 23.2 Å². The maximum absolute atomic E-state index is 2.41. The van der Waals surface area contributed by atoms with Crippen molar-refractivity contribution in [2.45, 2.75) is 41.5 Å². The lowest BCUT2D eigenvalue weighted by molar-refractivity contribution is 0.159. The van der Waals surface area contributed by atoms with E-state index in [0.717, 1.165) is 17.8 Å². The van der Waals surface area contributed by atoms with Crippen LogP contribution in [0.2, 0.25) is 0 Å². The van der Waals surface area contributed by atoms with Gasteiger partial charge in [-0.25, -0.2) is 0 Å². The summed E-state index contributed by atoms with van der Waals surface area (Å²) in [6.45, 7) is 14.0. The van der Waals surface area contributed by atoms with Gasteiger partial charge in [-0.3, -0.25) is 0 Å². The Morgan fingerprint density at radius 1 is 1.25 bits per heavy atom. The summed E-state index contributed by atoms with van der Waals surface area (Å²) in [7, 11) is 0. The maximum Gasteiger partial charge on any atom is -0.00916 e. The molecule has 0 radical (unpaired) electrons. The molecule has 0 amide bonds. The highest BCUT2D eigenvalue weighted by Crippen LogP contribution is 2.49. The van der Waals surface area contributed by atoms with E-state index >= 15 is 0 Å². The van der Waals surface area contributed by atoms with E-state index in [4.69, 9.17) is 0 Å². The molecule has 70 valence electrons. The van der Waals surface area contributed by atoms with Gasteiger partial charge < -0.3 is 0 Å². The summed E-state index contributed by atoms with van der Waals surface area (Å²) in [5.74, 6) is 2.44. The number of hydrogen-bond donors (Lipinski definition) is 0. The van der Waals surface area contributed by atoms with Crippen molar-refractivity contribution in [3.63, 3.8) is 0 Å². The van der Waals surface area contributed by atoms with Crippen LogP contribution in [0.5, 0.6) is 0 Å². The standard InChI is InChI=1S/C12H22/c1-8(2)10(4)11-9(3)7-12(11,5)6/h7-8,10-11H,1-6H3. The quantitative estimate of drug-likeness (QED) is 0.546. The van der Waals surface area contributed by atoms with Crippen LogP contribution in [0.3, 0.4) is 0 Å². The zero-order valence-corrected chi connectivity index (χ0v) is 9.31. The predicted octanol–water partition coefficient (Wildman–Crippen LogP) is 3.88. The van der Waals surface area contributed by atoms with Gasteiger partial charge in [0.2, 0.25) is 0 Å². The summed E-state index contributed by atoms with van der Waals surface area (Å²) >= 11 is 0. The van der Waals surface area contributed by atoms with E-state index in [2.05, 4.69) is 47.6 Å². The molecule has 0 saturated heterocycles. The molecule has 0 aliphatic heterocycles. The Kier molecular flexibility index (Phi) is 2.38. The van der Waals surface area contributed by atoms with E-state index in [1.54, 1.807) is 5.57 Å². The molecule has 0 heteroatoms. The molecule has 0 N–H and O–H groups in total. The summed E-state index contributed by atoms with van der Waals surface area (Å²) < 4.78 is 0. The van der Waals surface area contributed by atoms with Crippen molar-refractivity contribution in [3.8, 4) is 0 Å². The summed E-state index contributed by atoms with van der Waals surface area (Å²) in [5, 5.41) is 0. The van der Waals surface area contributed by atoms with Gasteiger partial charge in [0.25, 0.3) is 0 Å². The largest absolute Gasteiger partial charge is 0.0790 e. The Balaban J connectivity index is 2.73. The average Bonchev–Trinajstić information content (AvgIpc) is 1.84. The Morgan fingerprint density at radius 2 is 1.75 bits per heavy atom. The first kappa shape index (κ1) is 9.83. The molecule has 1 rings (SSSR count). The lowest BCUT2D eigenvalue weighted by Crippen LogP contribution is -2.38. The molecule has 0 saturated carbocycles. The molecule has 1 aliphatic carbocycles. The molecule has 0 fully saturated rings. The smallest absolute Gasteiger partial charge is 0.00916 e. The van der Waals surface area contributed by atoms with E-state index in [1.165, 1.54) is 0 Å².